The summed E-state index contributed by atoms with van der Waals surface area (Å²) in [7, 11) is -3.73. The first kappa shape index (κ1) is 20.3. The molecule has 146 valence electrons. The Morgan fingerprint density at radius 1 is 0.679 bits per heavy atom. The summed E-state index contributed by atoms with van der Waals surface area (Å²) in [6.07, 6.45) is 0. The molecule has 0 heterocycles. The molecule has 0 amide bonds. The van der Waals surface area contributed by atoms with Crippen molar-refractivity contribution >= 4 is 10.0 Å². The number of aryl methyl sites for hydroxylation is 3. The Morgan fingerprint density at radius 3 is 1.54 bits per heavy atom. The van der Waals surface area contributed by atoms with Crippen molar-refractivity contribution in [3.05, 3.63) is 101 Å². The van der Waals surface area contributed by atoms with Crippen LogP contribution in [-0.2, 0) is 10.0 Å². The normalized spacial score (nSPS) is 13.9. The Hall–Kier alpha value is -2.47. The monoisotopic (exact) mass is 394 g/mol. The van der Waals surface area contributed by atoms with Gasteiger partial charge in [0.1, 0.15) is 0 Å². The van der Waals surface area contributed by atoms with E-state index in [2.05, 4.69) is 4.72 Å². The van der Waals surface area contributed by atoms with Crippen LogP contribution in [0.3, 0.4) is 0 Å². The summed E-state index contributed by atoms with van der Waals surface area (Å²) < 4.78 is 28.9. The molecule has 4 nitrogen and oxygen atoms in total. The Balaban J connectivity index is 1.99. The molecule has 0 radical (unpaired) electrons. The van der Waals surface area contributed by atoms with E-state index in [1.165, 1.54) is 0 Å². The average Bonchev–Trinajstić information content (AvgIpc) is 2.67. The Kier molecular flexibility index (Phi) is 5.98. The highest BCUT2D eigenvalue weighted by Crippen LogP contribution is 2.29. The van der Waals surface area contributed by atoms with E-state index in [0.717, 1.165) is 27.8 Å². The van der Waals surface area contributed by atoms with E-state index in [1.54, 1.807) is 24.3 Å². The molecular weight excluding hydrogens is 368 g/mol. The molecular formula is C23H26N2O2S. The van der Waals surface area contributed by atoms with Crippen molar-refractivity contribution in [2.24, 2.45) is 5.73 Å². The third-order valence-electron chi connectivity index (χ3n) is 4.87. The predicted molar refractivity (Wildman–Crippen MR) is 114 cm³/mol. The molecule has 3 rings (SSSR count). The number of hydrogen-bond donors (Lipinski definition) is 2. The number of hydrogen-bond acceptors (Lipinski definition) is 3. The van der Waals surface area contributed by atoms with Crippen molar-refractivity contribution < 1.29 is 8.42 Å². The van der Waals surface area contributed by atoms with Gasteiger partial charge in [-0.25, -0.2) is 13.1 Å². The molecule has 0 spiro atoms. The molecule has 0 unspecified atom stereocenters. The molecule has 0 aromatic heterocycles. The molecule has 0 bridgehead atoms. The van der Waals surface area contributed by atoms with E-state index in [4.69, 9.17) is 5.73 Å². The fraction of sp³-hybridized carbons (Fsp3) is 0.217. The molecule has 28 heavy (non-hydrogen) atoms. The summed E-state index contributed by atoms with van der Waals surface area (Å²) in [5.41, 5.74) is 11.5. The molecule has 2 atom stereocenters. The van der Waals surface area contributed by atoms with E-state index < -0.39 is 22.1 Å². The number of rotatable bonds is 6. The van der Waals surface area contributed by atoms with Crippen LogP contribution in [0.25, 0.3) is 0 Å². The quantitative estimate of drug-likeness (QED) is 0.653. The Bertz CT molecular complexity index is 1030. The average molecular weight is 395 g/mol. The van der Waals surface area contributed by atoms with Gasteiger partial charge in [-0.1, -0.05) is 77.4 Å². The van der Waals surface area contributed by atoms with Gasteiger partial charge in [-0.05, 0) is 44.0 Å². The van der Waals surface area contributed by atoms with Crippen LogP contribution in [0.1, 0.15) is 39.9 Å². The molecule has 0 saturated carbocycles. The van der Waals surface area contributed by atoms with Gasteiger partial charge in [0.05, 0.1) is 17.0 Å². The van der Waals surface area contributed by atoms with Crippen LogP contribution in [-0.4, -0.2) is 8.42 Å². The minimum atomic E-state index is -3.73. The second kappa shape index (κ2) is 8.27. The molecule has 3 aromatic carbocycles. The van der Waals surface area contributed by atoms with Crippen molar-refractivity contribution in [3.63, 3.8) is 0 Å². The Morgan fingerprint density at radius 2 is 1.07 bits per heavy atom. The van der Waals surface area contributed by atoms with E-state index >= 15 is 0 Å². The van der Waals surface area contributed by atoms with Crippen molar-refractivity contribution in [2.45, 2.75) is 37.8 Å². The molecule has 0 aliphatic rings. The first-order chi connectivity index (χ1) is 13.3. The highest BCUT2D eigenvalue weighted by Gasteiger charge is 2.27. The van der Waals surface area contributed by atoms with Crippen LogP contribution in [0.4, 0.5) is 0 Å². The fourth-order valence-electron chi connectivity index (χ4n) is 3.06. The zero-order valence-electron chi connectivity index (χ0n) is 16.4. The van der Waals surface area contributed by atoms with Gasteiger partial charge in [-0.3, -0.25) is 0 Å². The highest BCUT2D eigenvalue weighted by atomic mass is 32.2. The van der Waals surface area contributed by atoms with Crippen LogP contribution in [0.15, 0.2) is 77.7 Å². The fourth-order valence-corrected chi connectivity index (χ4v) is 4.30. The number of nitrogens with one attached hydrogen (secondary N) is 1. The van der Waals surface area contributed by atoms with Gasteiger partial charge in [0.15, 0.2) is 0 Å². The van der Waals surface area contributed by atoms with Gasteiger partial charge in [0.25, 0.3) is 0 Å². The summed E-state index contributed by atoms with van der Waals surface area (Å²) in [6.45, 7) is 5.92. The molecule has 0 saturated heterocycles. The largest absolute Gasteiger partial charge is 0.322 e. The first-order valence-corrected chi connectivity index (χ1v) is 10.7. The highest BCUT2D eigenvalue weighted by molar-refractivity contribution is 7.89. The standard InChI is InChI=1S/C23H26N2O2S/c1-16-4-10-19(11-5-16)22(24)23(20-12-6-17(2)7-13-20)25-28(26,27)21-14-8-18(3)9-15-21/h4-15,22-23,25H,24H2,1-3H3/t22-,23-/m1/s1. The third kappa shape index (κ3) is 4.68. The number of benzene rings is 3. The zero-order valence-corrected chi connectivity index (χ0v) is 17.2. The lowest BCUT2D eigenvalue weighted by Crippen LogP contribution is -2.36. The van der Waals surface area contributed by atoms with E-state index in [1.807, 2.05) is 69.3 Å². The van der Waals surface area contributed by atoms with Crippen molar-refractivity contribution in [3.8, 4) is 0 Å². The van der Waals surface area contributed by atoms with E-state index in [-0.39, 0.29) is 4.90 Å². The van der Waals surface area contributed by atoms with Gasteiger partial charge < -0.3 is 5.73 Å². The minimum absolute atomic E-state index is 0.228. The predicted octanol–water partition coefficient (Wildman–Crippen LogP) is 4.33. The third-order valence-corrected chi connectivity index (χ3v) is 6.33. The molecule has 0 aliphatic carbocycles. The van der Waals surface area contributed by atoms with Crippen LogP contribution in [0, 0.1) is 20.8 Å². The molecule has 0 aliphatic heterocycles. The molecule has 5 heteroatoms. The topological polar surface area (TPSA) is 72.2 Å². The van der Waals surface area contributed by atoms with E-state index in [0.29, 0.717) is 0 Å². The smallest absolute Gasteiger partial charge is 0.241 e. The first-order valence-electron chi connectivity index (χ1n) is 9.24. The van der Waals surface area contributed by atoms with Gasteiger partial charge >= 0.3 is 0 Å². The maximum atomic E-state index is 13.0. The Labute approximate surface area is 167 Å². The van der Waals surface area contributed by atoms with Crippen LogP contribution >= 0.6 is 0 Å². The summed E-state index contributed by atoms with van der Waals surface area (Å²) in [5, 5.41) is 0. The second-order valence-corrected chi connectivity index (χ2v) is 8.97. The number of sulfonamides is 1. The van der Waals surface area contributed by atoms with Crippen LogP contribution in [0.5, 0.6) is 0 Å². The van der Waals surface area contributed by atoms with Crippen molar-refractivity contribution in [2.75, 3.05) is 0 Å². The van der Waals surface area contributed by atoms with E-state index in [9.17, 15) is 8.42 Å². The number of nitrogens with two attached hydrogens (primary N) is 1. The van der Waals surface area contributed by atoms with Crippen LogP contribution < -0.4 is 10.5 Å². The van der Waals surface area contributed by atoms with Gasteiger partial charge in [0.2, 0.25) is 10.0 Å². The van der Waals surface area contributed by atoms with Gasteiger partial charge in [-0.2, -0.15) is 0 Å². The zero-order chi connectivity index (χ0) is 20.3. The maximum absolute atomic E-state index is 13.0. The lowest BCUT2D eigenvalue weighted by molar-refractivity contribution is 0.504. The molecule has 3 aromatic rings. The molecule has 0 fully saturated rings. The second-order valence-electron chi connectivity index (χ2n) is 7.26. The summed E-state index contributed by atoms with van der Waals surface area (Å²) in [4.78, 5) is 0.228. The van der Waals surface area contributed by atoms with Gasteiger partial charge in [0, 0.05) is 0 Å². The summed E-state index contributed by atoms with van der Waals surface area (Å²) in [5.74, 6) is 0. The maximum Gasteiger partial charge on any atom is 0.241 e. The van der Waals surface area contributed by atoms with Crippen LogP contribution in [0.2, 0.25) is 0 Å². The van der Waals surface area contributed by atoms with Crippen molar-refractivity contribution in [1.29, 1.82) is 0 Å². The lowest BCUT2D eigenvalue weighted by Gasteiger charge is -2.26. The lowest BCUT2D eigenvalue weighted by atomic mass is 9.94. The molecule has 3 N–H and O–H groups in total. The minimum Gasteiger partial charge on any atom is -0.322 e. The van der Waals surface area contributed by atoms with Crippen molar-refractivity contribution in [1.82, 2.24) is 4.72 Å². The summed E-state index contributed by atoms with van der Waals surface area (Å²) in [6, 6.07) is 21.3. The SMILES string of the molecule is Cc1ccc([C@@H](N)[C@H](NS(=O)(=O)c2ccc(C)cc2)c2ccc(C)cc2)cc1. The van der Waals surface area contributed by atoms with Gasteiger partial charge in [-0.15, -0.1) is 0 Å². The summed E-state index contributed by atoms with van der Waals surface area (Å²) >= 11 is 0.